The topological polar surface area (TPSA) is 33.2 Å². The molecule has 5 heteroatoms. The molecule has 0 bridgehead atoms. The zero-order valence-corrected chi connectivity index (χ0v) is 9.48. The van der Waals surface area contributed by atoms with Gasteiger partial charge in [0.1, 0.15) is 4.32 Å². The summed E-state index contributed by atoms with van der Waals surface area (Å²) in [5.74, 6) is -0.103. The lowest BCUT2D eigenvalue weighted by Crippen LogP contribution is -2.27. The third kappa shape index (κ3) is 2.08. The first kappa shape index (κ1) is 10.3. The van der Waals surface area contributed by atoms with Gasteiger partial charge in [-0.15, -0.1) is 0 Å². The Labute approximate surface area is 97.2 Å². The number of amides is 1. The van der Waals surface area contributed by atoms with Gasteiger partial charge in [-0.2, -0.15) is 0 Å². The Morgan fingerprint density at radius 2 is 2.40 bits per heavy atom. The molecule has 1 aromatic rings. The zero-order chi connectivity index (χ0) is 10.8. The summed E-state index contributed by atoms with van der Waals surface area (Å²) in [5, 5.41) is 0. The molecule has 1 aliphatic rings. The van der Waals surface area contributed by atoms with Crippen LogP contribution in [0.3, 0.4) is 0 Å². The highest BCUT2D eigenvalue weighted by molar-refractivity contribution is 8.26. The van der Waals surface area contributed by atoms with Crippen LogP contribution in [0.2, 0.25) is 0 Å². The van der Waals surface area contributed by atoms with Gasteiger partial charge in [0.25, 0.3) is 5.91 Å². The van der Waals surface area contributed by atoms with Gasteiger partial charge in [-0.3, -0.25) is 14.7 Å². The van der Waals surface area contributed by atoms with E-state index in [-0.39, 0.29) is 5.91 Å². The quantitative estimate of drug-likeness (QED) is 0.580. The number of nitrogens with zero attached hydrogens (tertiary/aromatic N) is 2. The molecule has 2 heterocycles. The van der Waals surface area contributed by atoms with Crippen LogP contribution < -0.4 is 0 Å². The Kier molecular flexibility index (Phi) is 2.83. The van der Waals surface area contributed by atoms with Gasteiger partial charge in [-0.25, -0.2) is 0 Å². The molecule has 1 saturated heterocycles. The Hall–Kier alpha value is -1.20. The number of hydrogen-bond donors (Lipinski definition) is 0. The summed E-state index contributed by atoms with van der Waals surface area (Å²) in [6.45, 7) is 4.12. The summed E-state index contributed by atoms with van der Waals surface area (Å²) in [7, 11) is 0. The molecule has 0 atom stereocenters. The summed E-state index contributed by atoms with van der Waals surface area (Å²) in [6.07, 6.45) is 3.42. The van der Waals surface area contributed by atoms with Crippen molar-refractivity contribution in [3.63, 3.8) is 0 Å². The number of thiocarbonyl (C=S) groups is 1. The van der Waals surface area contributed by atoms with E-state index in [9.17, 15) is 4.79 Å². The lowest BCUT2D eigenvalue weighted by atomic mass is 10.3. The molecule has 2 rings (SSSR count). The van der Waals surface area contributed by atoms with Crippen LogP contribution in [0, 0.1) is 0 Å². The predicted octanol–water partition coefficient (Wildman–Crippen LogP) is 1.96. The molecular weight excluding hydrogens is 228 g/mol. The minimum absolute atomic E-state index is 0.103. The summed E-state index contributed by atoms with van der Waals surface area (Å²) in [4.78, 5) is 17.6. The van der Waals surface area contributed by atoms with E-state index in [4.69, 9.17) is 12.2 Å². The number of thioether (sulfide) groups is 1. The maximum Gasteiger partial charge on any atom is 0.265 e. The average molecular weight is 236 g/mol. The second-order valence-electron chi connectivity index (χ2n) is 3.04. The Morgan fingerprint density at radius 3 is 2.93 bits per heavy atom. The van der Waals surface area contributed by atoms with Crippen LogP contribution >= 0.6 is 24.0 Å². The first-order valence-corrected chi connectivity index (χ1v) is 5.52. The Balaban J connectivity index is 2.16. The van der Waals surface area contributed by atoms with E-state index in [1.54, 1.807) is 17.3 Å². The molecule has 0 unspecified atom stereocenters. The Bertz CT molecular complexity index is 430. The fraction of sp³-hybridized carbons (Fsp3) is 0.100. The summed E-state index contributed by atoms with van der Waals surface area (Å²) >= 11 is 6.33. The lowest BCUT2D eigenvalue weighted by Gasteiger charge is -2.13. The monoisotopic (exact) mass is 236 g/mol. The van der Waals surface area contributed by atoms with Crippen molar-refractivity contribution in [2.75, 3.05) is 0 Å². The van der Waals surface area contributed by atoms with Crippen LogP contribution in [0.4, 0.5) is 0 Å². The van der Waals surface area contributed by atoms with E-state index in [1.165, 1.54) is 11.8 Å². The third-order valence-corrected chi connectivity index (χ3v) is 3.26. The normalized spacial score (nSPS) is 16.3. The summed E-state index contributed by atoms with van der Waals surface area (Å²) in [6, 6.07) is 3.75. The third-order valence-electron chi connectivity index (χ3n) is 1.98. The molecule has 0 spiro atoms. The molecular formula is C10H8N2OS2. The van der Waals surface area contributed by atoms with Crippen molar-refractivity contribution in [1.82, 2.24) is 9.88 Å². The first-order chi connectivity index (χ1) is 7.18. The number of carbonyl (C=O) groups is 1. The number of aromatic nitrogens is 1. The second kappa shape index (κ2) is 4.12. The van der Waals surface area contributed by atoms with E-state index in [0.29, 0.717) is 15.8 Å². The molecule has 0 N–H and O–H groups in total. The highest BCUT2D eigenvalue weighted by Gasteiger charge is 2.30. The maximum atomic E-state index is 11.6. The van der Waals surface area contributed by atoms with Gasteiger partial charge in [0.2, 0.25) is 0 Å². The second-order valence-corrected chi connectivity index (χ2v) is 4.77. The Morgan fingerprint density at radius 1 is 1.60 bits per heavy atom. The minimum Gasteiger partial charge on any atom is -0.288 e. The van der Waals surface area contributed by atoms with Crippen molar-refractivity contribution < 1.29 is 4.79 Å². The number of carbonyl (C=O) groups excluding carboxylic acids is 1. The van der Waals surface area contributed by atoms with Crippen molar-refractivity contribution in [2.45, 2.75) is 6.54 Å². The van der Waals surface area contributed by atoms with Gasteiger partial charge in [0.15, 0.2) is 0 Å². The van der Waals surface area contributed by atoms with Crippen LogP contribution in [-0.4, -0.2) is 20.1 Å². The number of rotatable bonds is 2. The summed E-state index contributed by atoms with van der Waals surface area (Å²) in [5.41, 5.74) is 0.962. The van der Waals surface area contributed by atoms with Gasteiger partial charge >= 0.3 is 0 Å². The fourth-order valence-electron chi connectivity index (χ4n) is 1.25. The van der Waals surface area contributed by atoms with Crippen molar-refractivity contribution in [3.05, 3.63) is 41.6 Å². The molecule has 1 amide bonds. The minimum atomic E-state index is -0.103. The molecule has 1 aliphatic heterocycles. The molecule has 0 aromatic carbocycles. The van der Waals surface area contributed by atoms with Gasteiger partial charge in [-0.1, -0.05) is 36.6 Å². The van der Waals surface area contributed by atoms with Gasteiger partial charge < -0.3 is 0 Å². The zero-order valence-electron chi connectivity index (χ0n) is 7.84. The fourth-order valence-corrected chi connectivity index (χ4v) is 2.36. The van der Waals surface area contributed by atoms with Crippen molar-refractivity contribution in [2.24, 2.45) is 0 Å². The van der Waals surface area contributed by atoms with E-state index < -0.39 is 0 Å². The molecule has 76 valence electrons. The molecule has 1 fully saturated rings. The maximum absolute atomic E-state index is 11.6. The average Bonchev–Trinajstić information content (AvgIpc) is 2.47. The van der Waals surface area contributed by atoms with Gasteiger partial charge in [0.05, 0.1) is 11.4 Å². The van der Waals surface area contributed by atoms with E-state index in [0.717, 1.165) is 5.56 Å². The van der Waals surface area contributed by atoms with E-state index in [1.807, 2.05) is 12.1 Å². The van der Waals surface area contributed by atoms with Crippen LogP contribution in [0.15, 0.2) is 36.0 Å². The molecule has 0 radical (unpaired) electrons. The smallest absolute Gasteiger partial charge is 0.265 e. The first-order valence-electron chi connectivity index (χ1n) is 4.30. The van der Waals surface area contributed by atoms with Crippen LogP contribution in [-0.2, 0) is 11.3 Å². The van der Waals surface area contributed by atoms with Gasteiger partial charge in [-0.05, 0) is 11.6 Å². The van der Waals surface area contributed by atoms with Crippen molar-refractivity contribution in [1.29, 1.82) is 0 Å². The lowest BCUT2D eigenvalue weighted by molar-refractivity contribution is -0.122. The highest BCUT2D eigenvalue weighted by atomic mass is 32.2. The standard InChI is InChI=1S/C10H8N2OS2/c1-7-9(13)12(10(14)15-7)6-8-3-2-4-11-5-8/h2-5H,1,6H2. The van der Waals surface area contributed by atoms with Crippen LogP contribution in [0.5, 0.6) is 0 Å². The van der Waals surface area contributed by atoms with Crippen molar-refractivity contribution in [3.8, 4) is 0 Å². The van der Waals surface area contributed by atoms with Gasteiger partial charge in [0, 0.05) is 12.4 Å². The largest absolute Gasteiger partial charge is 0.288 e. The molecule has 1 aromatic heterocycles. The molecule has 15 heavy (non-hydrogen) atoms. The summed E-state index contributed by atoms with van der Waals surface area (Å²) < 4.78 is 0.564. The molecule has 3 nitrogen and oxygen atoms in total. The van der Waals surface area contributed by atoms with Crippen molar-refractivity contribution >= 4 is 34.2 Å². The molecule has 0 aliphatic carbocycles. The van der Waals surface area contributed by atoms with E-state index >= 15 is 0 Å². The highest BCUT2D eigenvalue weighted by Crippen LogP contribution is 2.30. The van der Waals surface area contributed by atoms with E-state index in [2.05, 4.69) is 11.6 Å². The van der Waals surface area contributed by atoms with Crippen LogP contribution in [0.25, 0.3) is 0 Å². The number of pyridine rings is 1. The number of hydrogen-bond acceptors (Lipinski definition) is 4. The molecule has 0 saturated carbocycles. The predicted molar refractivity (Wildman–Crippen MR) is 64.1 cm³/mol. The SMILES string of the molecule is C=C1SC(=S)N(Cc2cccnc2)C1=O. The van der Waals surface area contributed by atoms with Crippen LogP contribution in [0.1, 0.15) is 5.56 Å².